The first-order valence-electron chi connectivity index (χ1n) is 18.7. The molecule has 1 aliphatic carbocycles. The van der Waals surface area contributed by atoms with Crippen LogP contribution in [0.4, 0.5) is 0 Å². The Labute approximate surface area is 375 Å². The zero-order valence-corrected chi connectivity index (χ0v) is 33.6. The standard InChI is InChI=1S/C42H32O26/c43-18-1-13(2-19(44)30(18)51)36(56)64-26-9-16(7-24(49)33(26)54)39(59)65-27-10-17(8-25(50)34(27)55)40(60)68-35-28(66-37(57)14-3-20(45)31(52)21(46)4-14)11-42(63,41(61)62)12-29(35)67-38(58)15-5-22(47)32(53)23(48)6-15/h1-10,28-29,35,43-55,63H,11-12H2,(H,61,62)/t28-,29?,35?,42?/m1/s1. The van der Waals surface area contributed by atoms with Gasteiger partial charge >= 0.3 is 35.8 Å². The lowest BCUT2D eigenvalue weighted by atomic mass is 9.79. The van der Waals surface area contributed by atoms with Crippen LogP contribution in [0, 0.1) is 0 Å². The summed E-state index contributed by atoms with van der Waals surface area (Å²) in [5.74, 6) is -25.7. The van der Waals surface area contributed by atoms with Gasteiger partial charge in [0.05, 0.1) is 27.8 Å². The molecule has 0 bridgehead atoms. The summed E-state index contributed by atoms with van der Waals surface area (Å²) in [5, 5.41) is 151. The Hall–Kier alpha value is -9.72. The summed E-state index contributed by atoms with van der Waals surface area (Å²) in [6, 6.07) is 5.85. The van der Waals surface area contributed by atoms with Gasteiger partial charge in [0, 0.05) is 12.8 Å². The number of carbonyl (C=O) groups is 6. The Morgan fingerprint density at radius 3 is 0.941 bits per heavy atom. The summed E-state index contributed by atoms with van der Waals surface area (Å²) in [6.45, 7) is 0. The van der Waals surface area contributed by atoms with Crippen LogP contribution in [0.3, 0.4) is 0 Å². The summed E-state index contributed by atoms with van der Waals surface area (Å²) in [6.07, 6.45) is -8.95. The van der Waals surface area contributed by atoms with Crippen molar-refractivity contribution < 1.29 is 129 Å². The van der Waals surface area contributed by atoms with E-state index in [9.17, 15) is 105 Å². The molecule has 26 heteroatoms. The van der Waals surface area contributed by atoms with Crippen LogP contribution < -0.4 is 9.47 Å². The van der Waals surface area contributed by atoms with Crippen molar-refractivity contribution in [1.82, 2.24) is 0 Å². The molecule has 5 aromatic carbocycles. The van der Waals surface area contributed by atoms with E-state index in [-0.39, 0.29) is 0 Å². The van der Waals surface area contributed by atoms with E-state index < -0.39 is 187 Å². The van der Waals surface area contributed by atoms with Gasteiger partial charge in [0.25, 0.3) is 0 Å². The molecular formula is C42H32O26. The molecule has 0 saturated heterocycles. The third kappa shape index (κ3) is 9.54. The van der Waals surface area contributed by atoms with Gasteiger partial charge in [-0.15, -0.1) is 0 Å². The van der Waals surface area contributed by atoms with Crippen molar-refractivity contribution in [2.45, 2.75) is 36.8 Å². The number of aliphatic hydroxyl groups is 1. The molecule has 1 fully saturated rings. The number of aliphatic carboxylic acids is 1. The minimum absolute atomic E-state index is 0.514. The molecule has 15 N–H and O–H groups in total. The largest absolute Gasteiger partial charge is 0.504 e. The van der Waals surface area contributed by atoms with Crippen molar-refractivity contribution in [2.24, 2.45) is 0 Å². The van der Waals surface area contributed by atoms with Crippen molar-refractivity contribution in [3.63, 3.8) is 0 Å². The third-order valence-corrected chi connectivity index (χ3v) is 9.87. The first kappa shape index (κ1) is 47.8. The zero-order chi connectivity index (χ0) is 50.3. The Morgan fingerprint density at radius 2 is 0.632 bits per heavy atom. The minimum Gasteiger partial charge on any atom is -0.504 e. The van der Waals surface area contributed by atoms with Crippen LogP contribution in [-0.4, -0.2) is 136 Å². The number of carboxylic acid groups (broad SMARTS) is 1. The fourth-order valence-corrected chi connectivity index (χ4v) is 6.43. The summed E-state index contributed by atoms with van der Waals surface area (Å²) >= 11 is 0. The van der Waals surface area contributed by atoms with Crippen molar-refractivity contribution >= 4 is 35.8 Å². The van der Waals surface area contributed by atoms with Gasteiger partial charge in [-0.25, -0.2) is 28.8 Å². The van der Waals surface area contributed by atoms with E-state index in [0.717, 1.165) is 0 Å². The number of esters is 5. The molecule has 0 radical (unpaired) electrons. The van der Waals surface area contributed by atoms with Gasteiger partial charge in [-0.2, -0.15) is 0 Å². The van der Waals surface area contributed by atoms with Crippen molar-refractivity contribution in [3.8, 4) is 86.2 Å². The van der Waals surface area contributed by atoms with Gasteiger partial charge in [0.2, 0.25) is 11.5 Å². The summed E-state index contributed by atoms with van der Waals surface area (Å²) < 4.78 is 26.2. The van der Waals surface area contributed by atoms with Crippen LogP contribution in [0.25, 0.3) is 0 Å². The Kier molecular flexibility index (Phi) is 12.7. The normalized spacial score (nSPS) is 17.6. The van der Waals surface area contributed by atoms with E-state index in [2.05, 4.69) is 0 Å². The summed E-state index contributed by atoms with van der Waals surface area (Å²) in [4.78, 5) is 79.0. The highest BCUT2D eigenvalue weighted by Gasteiger charge is 2.55. The average Bonchev–Trinajstić information content (AvgIpc) is 3.26. The second-order valence-corrected chi connectivity index (χ2v) is 14.6. The lowest BCUT2D eigenvalue weighted by molar-refractivity contribution is -0.188. The molecule has 4 atom stereocenters. The minimum atomic E-state index is -2.99. The van der Waals surface area contributed by atoms with Gasteiger partial charge in [-0.1, -0.05) is 0 Å². The van der Waals surface area contributed by atoms with Gasteiger partial charge in [0.15, 0.2) is 86.4 Å². The number of carboxylic acids is 1. The Balaban J connectivity index is 1.33. The quantitative estimate of drug-likeness (QED) is 0.0389. The van der Waals surface area contributed by atoms with Gasteiger partial charge in [0.1, 0.15) is 12.2 Å². The van der Waals surface area contributed by atoms with Crippen molar-refractivity contribution in [3.05, 3.63) is 88.5 Å². The number of rotatable bonds is 11. The lowest BCUT2D eigenvalue weighted by Crippen LogP contribution is -2.59. The molecule has 3 unspecified atom stereocenters. The van der Waals surface area contributed by atoms with E-state index in [4.69, 9.17) is 23.7 Å². The maximum absolute atomic E-state index is 13.9. The lowest BCUT2D eigenvalue weighted by Gasteiger charge is -2.42. The second kappa shape index (κ2) is 18.0. The van der Waals surface area contributed by atoms with Crippen LogP contribution in [-0.2, 0) is 19.0 Å². The van der Waals surface area contributed by atoms with Gasteiger partial charge in [-0.05, 0) is 60.7 Å². The van der Waals surface area contributed by atoms with Crippen LogP contribution in [0.5, 0.6) is 86.2 Å². The molecule has 0 spiro atoms. The monoisotopic (exact) mass is 952 g/mol. The molecule has 6 rings (SSSR count). The number of phenolic OH excluding ortho intramolecular Hbond substituents is 13. The maximum Gasteiger partial charge on any atom is 0.343 e. The number of hydrogen-bond acceptors (Lipinski definition) is 25. The summed E-state index contributed by atoms with van der Waals surface area (Å²) in [7, 11) is 0. The average molecular weight is 953 g/mol. The van der Waals surface area contributed by atoms with Crippen molar-refractivity contribution in [1.29, 1.82) is 0 Å². The predicted molar refractivity (Wildman–Crippen MR) is 213 cm³/mol. The smallest absolute Gasteiger partial charge is 0.343 e. The molecule has 1 saturated carbocycles. The second-order valence-electron chi connectivity index (χ2n) is 14.6. The molecule has 0 aliphatic heterocycles. The molecule has 1 aliphatic rings. The topological polar surface area (TPSA) is 452 Å². The number of benzene rings is 5. The highest BCUT2D eigenvalue weighted by atomic mass is 16.6. The highest BCUT2D eigenvalue weighted by molar-refractivity contribution is 5.97. The van der Waals surface area contributed by atoms with Crippen LogP contribution in [0.15, 0.2) is 60.7 Å². The molecule has 0 amide bonds. The molecule has 26 nitrogen and oxygen atoms in total. The zero-order valence-electron chi connectivity index (χ0n) is 33.6. The first-order chi connectivity index (χ1) is 31.8. The highest BCUT2D eigenvalue weighted by Crippen LogP contribution is 2.43. The molecule has 68 heavy (non-hydrogen) atoms. The van der Waals surface area contributed by atoms with Crippen molar-refractivity contribution in [2.75, 3.05) is 0 Å². The van der Waals surface area contributed by atoms with E-state index >= 15 is 0 Å². The van der Waals surface area contributed by atoms with E-state index in [0.29, 0.717) is 60.7 Å². The maximum atomic E-state index is 13.9. The molecule has 0 aromatic heterocycles. The van der Waals surface area contributed by atoms with Gasteiger partial charge < -0.3 is 100 Å². The first-order valence-corrected chi connectivity index (χ1v) is 18.7. The Bertz CT molecular complexity index is 2790. The number of carbonyl (C=O) groups excluding carboxylic acids is 5. The predicted octanol–water partition coefficient (Wildman–Crippen LogP) is 1.88. The molecular weight excluding hydrogens is 920 g/mol. The SMILES string of the molecule is O=C(Oc1cc(C(=O)Oc2cc(C(=O)OC3C(OC(=O)c4cc(O)c(O)c(O)c4)CC(O)(C(=O)O)C[C@H]3OC(=O)c3cc(O)c(O)c(O)c3)cc(O)c2O)cc(O)c1O)c1cc(O)c(O)c(O)c1. The number of aromatic hydroxyl groups is 13. The number of phenols is 13. The van der Waals surface area contributed by atoms with Crippen LogP contribution in [0.2, 0.25) is 0 Å². The fraction of sp³-hybridized carbons (Fsp3) is 0.143. The Morgan fingerprint density at radius 1 is 0.382 bits per heavy atom. The van der Waals surface area contributed by atoms with E-state index in [1.165, 1.54) is 0 Å². The third-order valence-electron chi connectivity index (χ3n) is 9.87. The van der Waals surface area contributed by atoms with E-state index in [1.54, 1.807) is 0 Å². The molecule has 0 heterocycles. The van der Waals surface area contributed by atoms with Gasteiger partial charge in [-0.3, -0.25) is 0 Å². The van der Waals surface area contributed by atoms with Crippen LogP contribution >= 0.6 is 0 Å². The molecule has 5 aromatic rings. The molecule has 356 valence electrons. The van der Waals surface area contributed by atoms with Crippen LogP contribution in [0.1, 0.15) is 64.6 Å². The summed E-state index contributed by atoms with van der Waals surface area (Å²) in [5.41, 5.74) is -6.67. The fourth-order valence-electron chi connectivity index (χ4n) is 6.43. The number of hydrogen-bond donors (Lipinski definition) is 15. The number of ether oxygens (including phenoxy) is 5. The van der Waals surface area contributed by atoms with E-state index in [1.807, 2.05) is 0 Å².